The third-order valence-corrected chi connectivity index (χ3v) is 12.6. The Morgan fingerprint density at radius 3 is 1.24 bits per heavy atom. The number of aryl methyl sites for hydroxylation is 3. The zero-order chi connectivity index (χ0) is 48.8. The predicted octanol–water partition coefficient (Wildman–Crippen LogP) is -7.41. The molecule has 0 amide bonds. The fourth-order valence-electron chi connectivity index (χ4n) is 9.16. The van der Waals surface area contributed by atoms with Gasteiger partial charge in [-0.3, -0.25) is 89.8 Å². The lowest BCUT2D eigenvalue weighted by Gasteiger charge is -2.05. The average Bonchev–Trinajstić information content (AvgIpc) is 4.26. The van der Waals surface area contributed by atoms with E-state index in [0.29, 0.717) is 59.3 Å². The Hall–Kier alpha value is -7.05. The highest BCUT2D eigenvalue weighted by atomic mass is 15.0. The van der Waals surface area contributed by atoms with E-state index in [9.17, 15) is 0 Å². The summed E-state index contributed by atoms with van der Waals surface area (Å²) in [6.45, 7) is 11.1. The molecular formula is C46H42B7N18. The van der Waals surface area contributed by atoms with E-state index in [1.54, 1.807) is 20.5 Å². The number of nitrogens with zero attached hydrogens (tertiary/aromatic N) is 18. The van der Waals surface area contributed by atoms with Crippen LogP contribution in [-0.2, 0) is 38.5 Å². The quantitative estimate of drug-likeness (QED) is 0.0965. The van der Waals surface area contributed by atoms with E-state index >= 15 is 0 Å². The zero-order valence-corrected chi connectivity index (χ0v) is 40.0. The van der Waals surface area contributed by atoms with Gasteiger partial charge in [-0.25, -0.2) is 0 Å². The zero-order valence-electron chi connectivity index (χ0n) is 40.0. The molecule has 0 spiro atoms. The highest BCUT2D eigenvalue weighted by molar-refractivity contribution is 7.27. The maximum atomic E-state index is 5.49. The van der Waals surface area contributed by atoms with Crippen molar-refractivity contribution in [3.63, 3.8) is 0 Å². The van der Waals surface area contributed by atoms with E-state index in [1.165, 1.54) is 14.1 Å². The van der Waals surface area contributed by atoms with Crippen molar-refractivity contribution >= 4 is 67.7 Å². The molecule has 9 radical (unpaired) electrons. The molecule has 0 aromatic carbocycles. The van der Waals surface area contributed by atoms with Gasteiger partial charge >= 0.3 is 0 Å². The molecule has 6 aromatic rings. The summed E-state index contributed by atoms with van der Waals surface area (Å²) in [6, 6.07) is 0. The fourth-order valence-corrected chi connectivity index (χ4v) is 9.16. The number of hydrogen-bond donors (Lipinski definition) is 0. The van der Waals surface area contributed by atoms with Crippen LogP contribution in [0.2, 0.25) is 6.82 Å². The number of hydrogen-bond acceptors (Lipinski definition) is 18. The van der Waals surface area contributed by atoms with Crippen molar-refractivity contribution in [1.29, 1.82) is 0 Å². The maximum Gasteiger partial charge on any atom is 0.153 e. The third-order valence-electron chi connectivity index (χ3n) is 12.6. The van der Waals surface area contributed by atoms with Crippen LogP contribution in [0, 0.1) is 0 Å². The fraction of sp³-hybridized carbons (Fsp3) is 0.348. The van der Waals surface area contributed by atoms with Gasteiger partial charge in [0, 0.05) is 108 Å². The monoisotopic (exact) mass is 923 g/mol. The van der Waals surface area contributed by atoms with E-state index in [1.807, 2.05) is 45.1 Å². The SMILES string of the molecule is C[B]c1cnc(Cc2cnc(CC)c3c2=NCN=3)c2c1=NCN=2.[B][B][B]c1cnc(Cc2ncc(CC)c3c2=NCN=3)c2c1=NCN=2.[B][B][B]c1ncc(Cc2cnc(CC)c3c2=NCN=3)c2c1=NCN=2. The second kappa shape index (κ2) is 21.5. The molecule has 0 unspecified atom stereocenters. The number of aromatic nitrogens is 6. The van der Waals surface area contributed by atoms with Crippen molar-refractivity contribution in [3.8, 4) is 0 Å². The molecule has 12 rings (SSSR count). The van der Waals surface area contributed by atoms with E-state index in [0.717, 1.165) is 151 Å². The van der Waals surface area contributed by atoms with Crippen LogP contribution in [0.15, 0.2) is 97.1 Å². The van der Waals surface area contributed by atoms with Gasteiger partial charge < -0.3 is 0 Å². The van der Waals surface area contributed by atoms with Crippen LogP contribution in [0.3, 0.4) is 0 Å². The van der Waals surface area contributed by atoms with Gasteiger partial charge in [0.05, 0.1) is 66.0 Å². The first-order valence-electron chi connectivity index (χ1n) is 23.7. The van der Waals surface area contributed by atoms with Gasteiger partial charge in [-0.05, 0) is 30.3 Å². The second-order valence-electron chi connectivity index (χ2n) is 16.7. The van der Waals surface area contributed by atoms with Crippen LogP contribution in [0.4, 0.5) is 0 Å². The maximum absolute atomic E-state index is 5.49. The molecule has 0 N–H and O–H groups in total. The van der Waals surface area contributed by atoms with Gasteiger partial charge in [0.1, 0.15) is 81.1 Å². The summed E-state index contributed by atoms with van der Waals surface area (Å²) in [6.07, 6.45) is 15.7. The molecular weight excluding hydrogens is 880 g/mol. The molecule has 71 heavy (non-hydrogen) atoms. The Bertz CT molecular complexity index is 3690. The molecule has 6 aliphatic heterocycles. The van der Waals surface area contributed by atoms with Crippen LogP contribution in [0.5, 0.6) is 0 Å². The Kier molecular flexibility index (Phi) is 14.4. The molecule has 18 nitrogen and oxygen atoms in total. The summed E-state index contributed by atoms with van der Waals surface area (Å²) in [4.78, 5) is 81.2. The Balaban J connectivity index is 0.000000123. The molecule has 6 aliphatic rings. The molecule has 0 aliphatic carbocycles. The van der Waals surface area contributed by atoms with E-state index in [2.05, 4.69) is 111 Å². The van der Waals surface area contributed by atoms with Crippen LogP contribution in [-0.4, -0.2) is 121 Å². The lowest BCUT2D eigenvalue weighted by Crippen LogP contribution is -2.46. The topological polar surface area (TPSA) is 226 Å². The summed E-state index contributed by atoms with van der Waals surface area (Å²) in [5.74, 6) is 0. The molecule has 12 heterocycles. The average molecular weight is 923 g/mol. The minimum Gasteiger partial charge on any atom is -0.270 e. The molecule has 0 atom stereocenters. The van der Waals surface area contributed by atoms with Crippen LogP contribution in [0.25, 0.3) is 0 Å². The van der Waals surface area contributed by atoms with Crippen LogP contribution in [0.1, 0.15) is 71.5 Å². The highest BCUT2D eigenvalue weighted by Gasteiger charge is 2.18. The lowest BCUT2D eigenvalue weighted by molar-refractivity contribution is 0.929. The van der Waals surface area contributed by atoms with Crippen LogP contribution >= 0.6 is 0 Å². The first-order valence-corrected chi connectivity index (χ1v) is 23.7. The summed E-state index contributed by atoms with van der Waals surface area (Å²) in [7, 11) is 19.5. The summed E-state index contributed by atoms with van der Waals surface area (Å²) >= 11 is 0. The van der Waals surface area contributed by atoms with Gasteiger partial charge in [0.2, 0.25) is 0 Å². The molecule has 25 heteroatoms. The van der Waals surface area contributed by atoms with Gasteiger partial charge in [0.15, 0.2) is 7.28 Å². The molecule has 0 bridgehead atoms. The van der Waals surface area contributed by atoms with Crippen molar-refractivity contribution in [3.05, 3.63) is 152 Å². The van der Waals surface area contributed by atoms with Crippen molar-refractivity contribution < 1.29 is 0 Å². The number of fused-ring (bicyclic) bond motifs is 6. The van der Waals surface area contributed by atoms with Crippen molar-refractivity contribution in [2.45, 2.75) is 66.1 Å². The highest BCUT2D eigenvalue weighted by Crippen LogP contribution is 2.03. The molecule has 0 fully saturated rings. The first kappa shape index (κ1) is 47.6. The largest absolute Gasteiger partial charge is 0.270 e. The number of pyridine rings is 6. The predicted molar refractivity (Wildman–Crippen MR) is 270 cm³/mol. The second-order valence-corrected chi connectivity index (χ2v) is 16.7. The Labute approximate surface area is 414 Å². The molecule has 6 aromatic heterocycles. The van der Waals surface area contributed by atoms with Crippen molar-refractivity contribution in [1.82, 2.24) is 29.9 Å². The van der Waals surface area contributed by atoms with Gasteiger partial charge in [-0.1, -0.05) is 33.1 Å². The van der Waals surface area contributed by atoms with E-state index in [-0.39, 0.29) is 0 Å². The minimum atomic E-state index is 0.430. The van der Waals surface area contributed by atoms with Gasteiger partial charge in [-0.2, -0.15) is 0 Å². The van der Waals surface area contributed by atoms with Gasteiger partial charge in [0.25, 0.3) is 0 Å². The van der Waals surface area contributed by atoms with E-state index < -0.39 is 0 Å². The van der Waals surface area contributed by atoms with Crippen LogP contribution < -0.4 is 80.8 Å². The Morgan fingerprint density at radius 1 is 0.352 bits per heavy atom. The lowest BCUT2D eigenvalue weighted by atomic mass is 9.26. The number of rotatable bonds is 14. The smallest absolute Gasteiger partial charge is 0.153 e. The Morgan fingerprint density at radius 2 is 0.718 bits per heavy atom. The molecule has 0 saturated heterocycles. The standard InChI is InChI=1S/C16H16BN6.2C15H13B3N6/c1-3-11-15-13(20-7-22-15)9(5-18-11)4-12-16-14(21-8-23-16)10(17-2)6-19-12;1-2-10-13-11(21-6-23-13)8(4-19-10)3-9-5-20-15(17-18-16)14-12(9)22-7-24-14;1-2-8-4-19-10(14-12(8)21-6-23-14)3-11-15-13(22-7-24-15)9(5-20-11)17-18-16/h5-6H,3-4,7-8H2,1-2H3;2*4-5H,2-3,6-7H2,1H3. The van der Waals surface area contributed by atoms with Crippen molar-refractivity contribution in [2.75, 3.05) is 40.0 Å². The summed E-state index contributed by atoms with van der Waals surface area (Å²) in [5, 5.41) is 10.9. The third kappa shape index (κ3) is 9.49. The normalized spacial score (nSPS) is 14.0. The minimum absolute atomic E-state index is 0.430. The molecule has 0 saturated carbocycles. The van der Waals surface area contributed by atoms with Gasteiger partial charge in [-0.15, -0.1) is 0 Å². The van der Waals surface area contributed by atoms with E-state index in [4.69, 9.17) is 15.5 Å². The molecule has 337 valence electrons. The summed E-state index contributed by atoms with van der Waals surface area (Å²) in [5.41, 5.74) is 11.6. The van der Waals surface area contributed by atoms with Crippen molar-refractivity contribution in [2.24, 2.45) is 59.9 Å². The first-order chi connectivity index (χ1) is 34.9. The summed E-state index contributed by atoms with van der Waals surface area (Å²) < 4.78 is 0.